The van der Waals surface area contributed by atoms with E-state index in [9.17, 15) is 4.79 Å². The molecule has 5 heteroatoms. The smallest absolute Gasteiger partial charge is 0.336 e. The Bertz CT molecular complexity index is 1280. The number of hydrogen-bond donors (Lipinski definition) is 0. The van der Waals surface area contributed by atoms with Gasteiger partial charge in [0, 0.05) is 24.0 Å². The average molecular weight is 413 g/mol. The Kier molecular flexibility index (Phi) is 4.96. The van der Waals surface area contributed by atoms with Crippen molar-refractivity contribution in [2.24, 2.45) is 0 Å². The lowest BCUT2D eigenvalue weighted by Gasteiger charge is -2.34. The summed E-state index contributed by atoms with van der Waals surface area (Å²) >= 11 is 0. The number of ether oxygens (including phenoxy) is 2. The van der Waals surface area contributed by atoms with E-state index < -0.39 is 0 Å². The van der Waals surface area contributed by atoms with Gasteiger partial charge < -0.3 is 13.9 Å². The van der Waals surface area contributed by atoms with Crippen molar-refractivity contribution in [3.63, 3.8) is 0 Å². The molecule has 0 amide bonds. The minimum Gasteiger partial charge on any atom is -0.497 e. The van der Waals surface area contributed by atoms with Gasteiger partial charge in [0.15, 0.2) is 0 Å². The fourth-order valence-electron chi connectivity index (χ4n) is 4.15. The minimum absolute atomic E-state index is 0.168. The largest absolute Gasteiger partial charge is 0.497 e. The number of hydrogen-bond acceptors (Lipinski definition) is 5. The Morgan fingerprint density at radius 2 is 1.77 bits per heavy atom. The second-order valence-corrected chi connectivity index (χ2v) is 7.73. The molecule has 156 valence electrons. The lowest BCUT2D eigenvalue weighted by Crippen LogP contribution is -2.34. The van der Waals surface area contributed by atoms with Gasteiger partial charge in [0.2, 0.25) is 0 Å². The highest BCUT2D eigenvalue weighted by Crippen LogP contribution is 2.38. The molecule has 0 spiro atoms. The highest BCUT2D eigenvalue weighted by Gasteiger charge is 2.26. The van der Waals surface area contributed by atoms with Crippen LogP contribution in [0.4, 0.5) is 0 Å². The second kappa shape index (κ2) is 7.93. The molecule has 1 aliphatic heterocycles. The van der Waals surface area contributed by atoms with Crippen molar-refractivity contribution in [2.45, 2.75) is 19.5 Å². The zero-order valence-corrected chi connectivity index (χ0v) is 17.5. The van der Waals surface area contributed by atoms with Gasteiger partial charge in [-0.25, -0.2) is 4.79 Å². The van der Waals surface area contributed by atoms with Crippen molar-refractivity contribution in [1.29, 1.82) is 0 Å². The lowest BCUT2D eigenvalue weighted by atomic mass is 9.98. The molecule has 2 heterocycles. The number of fused-ring (bicyclic) bond motifs is 3. The number of rotatable bonds is 4. The summed E-state index contributed by atoms with van der Waals surface area (Å²) in [5.41, 5.74) is 4.10. The third-order valence-electron chi connectivity index (χ3n) is 5.95. The molecule has 0 radical (unpaired) electrons. The lowest BCUT2D eigenvalue weighted by molar-refractivity contribution is 0.0620. The Labute approximate surface area is 180 Å². The number of benzene rings is 3. The van der Waals surface area contributed by atoms with Crippen LogP contribution in [-0.4, -0.2) is 18.7 Å². The topological polar surface area (TPSA) is 51.9 Å². The summed E-state index contributed by atoms with van der Waals surface area (Å²) in [6.45, 7) is 3.28. The molecule has 1 aliphatic rings. The van der Waals surface area contributed by atoms with Gasteiger partial charge in [0.05, 0.1) is 12.7 Å². The van der Waals surface area contributed by atoms with E-state index in [1.165, 1.54) is 5.56 Å². The van der Waals surface area contributed by atoms with E-state index in [0.29, 0.717) is 18.9 Å². The molecule has 31 heavy (non-hydrogen) atoms. The standard InChI is InChI=1S/C26H23NO4/c1-17(18-6-4-3-5-7-18)27-15-23-24(30-16-27)13-12-21-22(14-25(28)31-26(21)23)19-8-10-20(29-2)11-9-19/h3-14,17H,15-16H2,1-2H3. The molecule has 0 saturated carbocycles. The highest BCUT2D eigenvalue weighted by molar-refractivity contribution is 5.95. The first-order valence-electron chi connectivity index (χ1n) is 10.3. The highest BCUT2D eigenvalue weighted by atomic mass is 16.5. The molecule has 0 fully saturated rings. The molecule has 5 nitrogen and oxygen atoms in total. The van der Waals surface area contributed by atoms with Crippen molar-refractivity contribution in [3.05, 3.63) is 94.3 Å². The number of nitrogens with zero attached hydrogens (tertiary/aromatic N) is 1. The molecular formula is C26H23NO4. The van der Waals surface area contributed by atoms with E-state index in [0.717, 1.165) is 33.6 Å². The van der Waals surface area contributed by atoms with Crippen LogP contribution in [0.2, 0.25) is 0 Å². The van der Waals surface area contributed by atoms with Crippen molar-refractivity contribution in [2.75, 3.05) is 13.8 Å². The Morgan fingerprint density at radius 3 is 2.52 bits per heavy atom. The molecule has 1 aromatic heterocycles. The summed E-state index contributed by atoms with van der Waals surface area (Å²) in [4.78, 5) is 14.7. The fourth-order valence-corrected chi connectivity index (χ4v) is 4.15. The Morgan fingerprint density at radius 1 is 1.00 bits per heavy atom. The van der Waals surface area contributed by atoms with Crippen LogP contribution in [0.3, 0.4) is 0 Å². The second-order valence-electron chi connectivity index (χ2n) is 7.73. The first kappa shape index (κ1) is 19.4. The molecule has 4 aromatic rings. The molecular weight excluding hydrogens is 390 g/mol. The Balaban J connectivity index is 1.59. The first-order valence-corrected chi connectivity index (χ1v) is 10.3. The molecule has 1 atom stereocenters. The fraction of sp³-hybridized carbons (Fsp3) is 0.192. The van der Waals surface area contributed by atoms with Gasteiger partial charge in [-0.15, -0.1) is 0 Å². The van der Waals surface area contributed by atoms with Gasteiger partial charge in [-0.2, -0.15) is 0 Å². The van der Waals surface area contributed by atoms with Gasteiger partial charge in [-0.1, -0.05) is 42.5 Å². The first-order chi connectivity index (χ1) is 15.1. The predicted octanol–water partition coefficient (Wildman–Crippen LogP) is 5.38. The van der Waals surface area contributed by atoms with Crippen LogP contribution in [0.1, 0.15) is 24.1 Å². The van der Waals surface area contributed by atoms with Crippen LogP contribution in [0.25, 0.3) is 22.1 Å². The zero-order chi connectivity index (χ0) is 21.4. The third-order valence-corrected chi connectivity index (χ3v) is 5.95. The SMILES string of the molecule is COc1ccc(-c2cc(=O)oc3c4c(ccc23)OCN(C(C)c2ccccc2)C4)cc1. The van der Waals surface area contributed by atoms with E-state index in [1.807, 2.05) is 54.6 Å². The summed E-state index contributed by atoms with van der Waals surface area (Å²) in [6.07, 6.45) is 0. The maximum absolute atomic E-state index is 12.5. The van der Waals surface area contributed by atoms with E-state index in [4.69, 9.17) is 13.9 Å². The molecule has 3 aromatic carbocycles. The summed E-state index contributed by atoms with van der Waals surface area (Å²) in [5, 5.41) is 0.890. The van der Waals surface area contributed by atoms with Gasteiger partial charge >= 0.3 is 5.63 Å². The average Bonchev–Trinajstić information content (AvgIpc) is 2.83. The van der Waals surface area contributed by atoms with Crippen LogP contribution < -0.4 is 15.1 Å². The maximum Gasteiger partial charge on any atom is 0.336 e. The van der Waals surface area contributed by atoms with Crippen LogP contribution in [0, 0.1) is 0 Å². The monoisotopic (exact) mass is 413 g/mol. The molecule has 0 N–H and O–H groups in total. The van der Waals surface area contributed by atoms with Gasteiger partial charge in [-0.3, -0.25) is 4.90 Å². The maximum atomic E-state index is 12.5. The van der Waals surface area contributed by atoms with Crippen molar-refractivity contribution in [3.8, 4) is 22.6 Å². The minimum atomic E-state index is -0.375. The van der Waals surface area contributed by atoms with E-state index in [1.54, 1.807) is 13.2 Å². The molecule has 0 saturated heterocycles. The van der Waals surface area contributed by atoms with E-state index in [2.05, 4.69) is 24.0 Å². The van der Waals surface area contributed by atoms with Crippen LogP contribution in [0.15, 0.2) is 82.0 Å². The molecule has 0 aliphatic carbocycles. The van der Waals surface area contributed by atoms with Gasteiger partial charge in [0.25, 0.3) is 0 Å². The number of methoxy groups -OCH3 is 1. The van der Waals surface area contributed by atoms with E-state index in [-0.39, 0.29) is 11.7 Å². The predicted molar refractivity (Wildman–Crippen MR) is 120 cm³/mol. The zero-order valence-electron chi connectivity index (χ0n) is 17.5. The summed E-state index contributed by atoms with van der Waals surface area (Å²) < 4.78 is 17.0. The normalized spacial score (nSPS) is 14.6. The van der Waals surface area contributed by atoms with Crippen molar-refractivity contribution in [1.82, 2.24) is 4.90 Å². The Hall–Kier alpha value is -3.57. The summed E-state index contributed by atoms with van der Waals surface area (Å²) in [6, 6.07) is 23.7. The quantitative estimate of drug-likeness (QED) is 0.420. The summed E-state index contributed by atoms with van der Waals surface area (Å²) in [7, 11) is 1.63. The van der Waals surface area contributed by atoms with Crippen LogP contribution in [0.5, 0.6) is 11.5 Å². The molecule has 0 bridgehead atoms. The third kappa shape index (κ3) is 3.57. The van der Waals surface area contributed by atoms with E-state index >= 15 is 0 Å². The van der Waals surface area contributed by atoms with Crippen molar-refractivity contribution < 1.29 is 13.9 Å². The van der Waals surface area contributed by atoms with Crippen LogP contribution in [-0.2, 0) is 6.54 Å². The van der Waals surface area contributed by atoms with Gasteiger partial charge in [0.1, 0.15) is 23.8 Å². The molecule has 5 rings (SSSR count). The summed E-state index contributed by atoms with van der Waals surface area (Å²) in [5.74, 6) is 1.53. The van der Waals surface area contributed by atoms with Crippen LogP contribution >= 0.6 is 0 Å². The molecule has 1 unspecified atom stereocenters. The van der Waals surface area contributed by atoms with Gasteiger partial charge in [-0.05, 0) is 47.9 Å². The van der Waals surface area contributed by atoms with Crippen molar-refractivity contribution >= 4 is 11.0 Å².